The Morgan fingerprint density at radius 1 is 0.919 bits per heavy atom. The Bertz CT molecular complexity index is 1490. The molecule has 0 aliphatic carbocycles. The second-order valence-corrected chi connectivity index (χ2v) is 10.1. The van der Waals surface area contributed by atoms with Gasteiger partial charge >= 0.3 is 0 Å². The van der Waals surface area contributed by atoms with Crippen LogP contribution in [-0.2, 0) is 13.2 Å². The summed E-state index contributed by atoms with van der Waals surface area (Å²) in [7, 11) is 0. The van der Waals surface area contributed by atoms with Crippen LogP contribution in [0.5, 0.6) is 5.75 Å². The standard InChI is InChI=1S/C30H24ClN3O2S/c1-21-33-28(29(37-21)24-9-3-2-4-10-24)30(35)34(27-12-5-6-17-32-27)19-22-13-15-26(16-14-22)36-20-23-8-7-11-25(31)18-23/h2-18H,19-20H2,1H3. The number of rotatable bonds is 8. The van der Waals surface area contributed by atoms with Crippen molar-refractivity contribution in [1.29, 1.82) is 0 Å². The van der Waals surface area contributed by atoms with Gasteiger partial charge in [0.15, 0.2) is 0 Å². The minimum Gasteiger partial charge on any atom is -0.489 e. The molecule has 0 aliphatic heterocycles. The van der Waals surface area contributed by atoms with E-state index in [-0.39, 0.29) is 5.91 Å². The van der Waals surface area contributed by atoms with Crippen molar-refractivity contribution in [3.05, 3.63) is 130 Å². The highest BCUT2D eigenvalue weighted by molar-refractivity contribution is 7.15. The largest absolute Gasteiger partial charge is 0.489 e. The summed E-state index contributed by atoms with van der Waals surface area (Å²) in [6.07, 6.45) is 1.69. The molecular weight excluding hydrogens is 502 g/mol. The first kappa shape index (κ1) is 24.7. The van der Waals surface area contributed by atoms with Crippen LogP contribution in [0.2, 0.25) is 5.02 Å². The minimum absolute atomic E-state index is 0.191. The summed E-state index contributed by atoms with van der Waals surface area (Å²) in [5.41, 5.74) is 3.35. The van der Waals surface area contributed by atoms with E-state index in [1.54, 1.807) is 11.1 Å². The second-order valence-electron chi connectivity index (χ2n) is 8.42. The lowest BCUT2D eigenvalue weighted by atomic mass is 10.1. The van der Waals surface area contributed by atoms with Gasteiger partial charge in [-0.1, -0.05) is 72.3 Å². The van der Waals surface area contributed by atoms with Crippen LogP contribution in [0.1, 0.15) is 26.6 Å². The molecule has 0 fully saturated rings. The highest BCUT2D eigenvalue weighted by atomic mass is 35.5. The Morgan fingerprint density at radius 2 is 1.70 bits per heavy atom. The van der Waals surface area contributed by atoms with Crippen LogP contribution in [-0.4, -0.2) is 15.9 Å². The number of thiazole rings is 1. The van der Waals surface area contributed by atoms with Gasteiger partial charge in [0.25, 0.3) is 5.91 Å². The maximum absolute atomic E-state index is 13.9. The van der Waals surface area contributed by atoms with E-state index in [1.165, 1.54) is 11.3 Å². The molecule has 2 aromatic heterocycles. The van der Waals surface area contributed by atoms with E-state index < -0.39 is 0 Å². The maximum Gasteiger partial charge on any atom is 0.279 e. The number of anilines is 1. The molecule has 5 nitrogen and oxygen atoms in total. The lowest BCUT2D eigenvalue weighted by Gasteiger charge is -2.22. The van der Waals surface area contributed by atoms with Gasteiger partial charge < -0.3 is 4.74 Å². The van der Waals surface area contributed by atoms with Crippen LogP contribution in [0.4, 0.5) is 5.82 Å². The number of halogens is 1. The first-order valence-corrected chi connectivity index (χ1v) is 13.0. The smallest absolute Gasteiger partial charge is 0.279 e. The number of hydrogen-bond acceptors (Lipinski definition) is 5. The van der Waals surface area contributed by atoms with Crippen molar-refractivity contribution in [2.45, 2.75) is 20.1 Å². The first-order valence-electron chi connectivity index (χ1n) is 11.8. The van der Waals surface area contributed by atoms with Crippen LogP contribution in [0.15, 0.2) is 103 Å². The van der Waals surface area contributed by atoms with Gasteiger partial charge in [-0.05, 0) is 60.0 Å². The van der Waals surface area contributed by atoms with Gasteiger partial charge in [0.05, 0.1) is 16.4 Å². The van der Waals surface area contributed by atoms with Crippen LogP contribution in [0.25, 0.3) is 10.4 Å². The van der Waals surface area contributed by atoms with E-state index in [2.05, 4.69) is 9.97 Å². The average molecular weight is 526 g/mol. The molecule has 0 atom stereocenters. The number of benzene rings is 3. The summed E-state index contributed by atoms with van der Waals surface area (Å²) < 4.78 is 5.92. The van der Waals surface area contributed by atoms with Crippen molar-refractivity contribution < 1.29 is 9.53 Å². The second kappa shape index (κ2) is 11.4. The van der Waals surface area contributed by atoms with Gasteiger partial charge in [-0.15, -0.1) is 11.3 Å². The van der Waals surface area contributed by atoms with E-state index >= 15 is 0 Å². The molecular formula is C30H24ClN3O2S. The van der Waals surface area contributed by atoms with Gasteiger partial charge in [-0.3, -0.25) is 9.69 Å². The van der Waals surface area contributed by atoms with Gasteiger partial charge in [0, 0.05) is 11.2 Å². The third kappa shape index (κ3) is 6.05. The molecule has 3 aromatic carbocycles. The molecule has 0 saturated carbocycles. The summed E-state index contributed by atoms with van der Waals surface area (Å²) in [5, 5.41) is 1.52. The van der Waals surface area contributed by atoms with Crippen molar-refractivity contribution in [3.63, 3.8) is 0 Å². The summed E-state index contributed by atoms with van der Waals surface area (Å²) >= 11 is 7.58. The summed E-state index contributed by atoms with van der Waals surface area (Å²) in [6, 6.07) is 30.8. The Hall–Kier alpha value is -4.00. The molecule has 184 valence electrons. The molecule has 37 heavy (non-hydrogen) atoms. The molecule has 0 N–H and O–H groups in total. The zero-order chi connectivity index (χ0) is 25.6. The van der Waals surface area contributed by atoms with Crippen LogP contribution < -0.4 is 9.64 Å². The number of carbonyl (C=O) groups is 1. The van der Waals surface area contributed by atoms with E-state index in [4.69, 9.17) is 16.3 Å². The fourth-order valence-electron chi connectivity index (χ4n) is 3.92. The highest BCUT2D eigenvalue weighted by Gasteiger charge is 2.25. The Labute approximate surface area is 225 Å². The molecule has 0 radical (unpaired) electrons. The van der Waals surface area contributed by atoms with Crippen molar-refractivity contribution in [3.8, 4) is 16.2 Å². The Morgan fingerprint density at radius 3 is 2.43 bits per heavy atom. The molecule has 0 bridgehead atoms. The highest BCUT2D eigenvalue weighted by Crippen LogP contribution is 2.32. The van der Waals surface area contributed by atoms with E-state index in [0.29, 0.717) is 29.7 Å². The van der Waals surface area contributed by atoms with Crippen molar-refractivity contribution >= 4 is 34.7 Å². The predicted molar refractivity (Wildman–Crippen MR) is 149 cm³/mol. The fourth-order valence-corrected chi connectivity index (χ4v) is 5.05. The number of aromatic nitrogens is 2. The maximum atomic E-state index is 13.9. The molecule has 2 heterocycles. The van der Waals surface area contributed by atoms with E-state index in [1.807, 2.05) is 104 Å². The first-order chi connectivity index (χ1) is 18.1. The topological polar surface area (TPSA) is 55.3 Å². The van der Waals surface area contributed by atoms with Gasteiger partial charge in [0.2, 0.25) is 0 Å². The van der Waals surface area contributed by atoms with E-state index in [9.17, 15) is 4.79 Å². The Balaban J connectivity index is 1.38. The number of nitrogens with zero attached hydrogens (tertiary/aromatic N) is 3. The quantitative estimate of drug-likeness (QED) is 0.209. The summed E-state index contributed by atoms with van der Waals surface area (Å²) in [5.74, 6) is 1.11. The van der Waals surface area contributed by atoms with Crippen molar-refractivity contribution in [1.82, 2.24) is 9.97 Å². The van der Waals surface area contributed by atoms with Crippen molar-refractivity contribution in [2.24, 2.45) is 0 Å². The minimum atomic E-state index is -0.191. The third-order valence-electron chi connectivity index (χ3n) is 5.70. The third-order valence-corrected chi connectivity index (χ3v) is 6.96. The number of aryl methyl sites for hydroxylation is 1. The number of pyridine rings is 1. The van der Waals surface area contributed by atoms with Gasteiger partial charge in [0.1, 0.15) is 23.9 Å². The Kier molecular flexibility index (Phi) is 7.59. The number of carbonyl (C=O) groups excluding carboxylic acids is 1. The van der Waals surface area contributed by atoms with E-state index in [0.717, 1.165) is 32.3 Å². The molecule has 0 aliphatic rings. The molecule has 0 saturated heterocycles. The van der Waals surface area contributed by atoms with Crippen molar-refractivity contribution in [2.75, 3.05) is 4.90 Å². The van der Waals surface area contributed by atoms with Crippen LogP contribution in [0, 0.1) is 6.92 Å². The van der Waals surface area contributed by atoms with Crippen LogP contribution >= 0.6 is 22.9 Å². The fraction of sp³-hybridized carbons (Fsp3) is 0.100. The van der Waals surface area contributed by atoms with Gasteiger partial charge in [-0.25, -0.2) is 9.97 Å². The van der Waals surface area contributed by atoms with Crippen LogP contribution in [0.3, 0.4) is 0 Å². The molecule has 0 unspecified atom stereocenters. The zero-order valence-corrected chi connectivity index (χ0v) is 21.7. The summed E-state index contributed by atoms with van der Waals surface area (Å²) in [6.45, 7) is 2.68. The molecule has 5 aromatic rings. The monoisotopic (exact) mass is 525 g/mol. The summed E-state index contributed by atoms with van der Waals surface area (Å²) in [4.78, 5) is 25.5. The molecule has 7 heteroatoms. The SMILES string of the molecule is Cc1nc(C(=O)N(Cc2ccc(OCc3cccc(Cl)c3)cc2)c2ccccn2)c(-c2ccccc2)s1. The zero-order valence-electron chi connectivity index (χ0n) is 20.2. The van der Waals surface area contributed by atoms with Gasteiger partial charge in [-0.2, -0.15) is 0 Å². The lowest BCUT2D eigenvalue weighted by molar-refractivity contribution is 0.0980. The lowest BCUT2D eigenvalue weighted by Crippen LogP contribution is -2.31. The number of amides is 1. The number of ether oxygens (including phenoxy) is 1. The predicted octanol–water partition coefficient (Wildman–Crippen LogP) is 7.59. The molecule has 1 amide bonds. The molecule has 0 spiro atoms. The normalized spacial score (nSPS) is 10.8. The molecule has 5 rings (SSSR count). The average Bonchev–Trinajstić information content (AvgIpc) is 3.33. The number of hydrogen-bond donors (Lipinski definition) is 0.